The number of halogens is 1. The Bertz CT molecular complexity index is 127. The molecule has 0 amide bonds. The first-order valence-corrected chi connectivity index (χ1v) is 6.03. The van der Waals surface area contributed by atoms with E-state index < -0.39 is 0 Å². The Morgan fingerprint density at radius 1 is 1.42 bits per heavy atom. The first-order chi connectivity index (χ1) is 5.74. The third-order valence-electron chi connectivity index (χ3n) is 2.91. The van der Waals surface area contributed by atoms with Gasteiger partial charge >= 0.3 is 0 Å². The van der Waals surface area contributed by atoms with E-state index in [9.17, 15) is 0 Å². The lowest BCUT2D eigenvalue weighted by molar-refractivity contribution is 0.212. The Morgan fingerprint density at radius 3 is 2.83 bits per heavy atom. The van der Waals surface area contributed by atoms with Gasteiger partial charge in [0.25, 0.3) is 0 Å². The van der Waals surface area contributed by atoms with Gasteiger partial charge in [0.05, 0.1) is 0 Å². The van der Waals surface area contributed by atoms with Gasteiger partial charge in [0.1, 0.15) is 0 Å². The van der Waals surface area contributed by atoms with Crippen LogP contribution in [0.15, 0.2) is 0 Å². The highest BCUT2D eigenvalue weighted by Gasteiger charge is 2.17. The number of hydrogen-bond acceptors (Lipinski definition) is 1. The van der Waals surface area contributed by atoms with Crippen LogP contribution in [0, 0.1) is 0 Å². The molecule has 2 atom stereocenters. The molecule has 1 aliphatic heterocycles. The van der Waals surface area contributed by atoms with Crippen LogP contribution in [0.25, 0.3) is 0 Å². The number of alkyl halides is 1. The molecule has 72 valence electrons. The minimum Gasteiger partial charge on any atom is -0.301 e. The summed E-state index contributed by atoms with van der Waals surface area (Å²) in [5.74, 6) is 0. The van der Waals surface area contributed by atoms with Gasteiger partial charge in [0.15, 0.2) is 0 Å². The molecule has 0 aromatic carbocycles. The Kier molecular flexibility index (Phi) is 4.59. The van der Waals surface area contributed by atoms with Crippen molar-refractivity contribution in [1.82, 2.24) is 4.90 Å². The summed E-state index contributed by atoms with van der Waals surface area (Å²) in [6.07, 6.45) is 5.32. The summed E-state index contributed by atoms with van der Waals surface area (Å²) < 4.78 is 0. The maximum absolute atomic E-state index is 3.71. The smallest absolute Gasteiger partial charge is 0.0158 e. The van der Waals surface area contributed by atoms with Gasteiger partial charge in [-0.1, -0.05) is 22.9 Å². The molecule has 0 radical (unpaired) electrons. The van der Waals surface area contributed by atoms with Crippen molar-refractivity contribution < 1.29 is 0 Å². The molecule has 0 spiro atoms. The van der Waals surface area contributed by atoms with Crippen molar-refractivity contribution in [2.45, 2.75) is 50.4 Å². The topological polar surface area (TPSA) is 3.24 Å². The Morgan fingerprint density at radius 2 is 2.17 bits per heavy atom. The summed E-state index contributed by atoms with van der Waals surface area (Å²) >= 11 is 3.71. The normalized spacial score (nSPS) is 29.8. The minimum absolute atomic E-state index is 0.770. The molecular weight excluding hydrogens is 214 g/mol. The third-order valence-corrected chi connectivity index (χ3v) is 3.82. The fourth-order valence-electron chi connectivity index (χ4n) is 1.78. The fourth-order valence-corrected chi connectivity index (χ4v) is 2.31. The van der Waals surface area contributed by atoms with Crippen molar-refractivity contribution in [2.75, 3.05) is 13.1 Å². The average Bonchev–Trinajstić information content (AvgIpc) is 2.29. The lowest BCUT2D eigenvalue weighted by Crippen LogP contribution is -2.33. The molecular formula is C10H20BrN. The van der Waals surface area contributed by atoms with Gasteiger partial charge in [-0.3, -0.25) is 0 Å². The summed E-state index contributed by atoms with van der Waals surface area (Å²) in [6, 6.07) is 0.780. The zero-order valence-corrected chi connectivity index (χ0v) is 9.81. The van der Waals surface area contributed by atoms with E-state index in [1.807, 2.05) is 0 Å². The second-order valence-electron chi connectivity index (χ2n) is 3.82. The molecule has 2 unspecified atom stereocenters. The lowest BCUT2D eigenvalue weighted by Gasteiger charge is -2.26. The van der Waals surface area contributed by atoms with Crippen molar-refractivity contribution >= 4 is 15.9 Å². The van der Waals surface area contributed by atoms with Gasteiger partial charge in [-0.15, -0.1) is 0 Å². The predicted molar refractivity (Wildman–Crippen MR) is 57.9 cm³/mol. The van der Waals surface area contributed by atoms with Crippen LogP contribution >= 0.6 is 15.9 Å². The summed E-state index contributed by atoms with van der Waals surface area (Å²) in [5.41, 5.74) is 0. The van der Waals surface area contributed by atoms with Gasteiger partial charge in [-0.05, 0) is 45.7 Å². The van der Waals surface area contributed by atoms with E-state index in [2.05, 4.69) is 34.7 Å². The van der Waals surface area contributed by atoms with Crippen LogP contribution in [-0.2, 0) is 0 Å². The predicted octanol–water partition coefficient (Wildman–Crippen LogP) is 3.03. The van der Waals surface area contributed by atoms with Gasteiger partial charge in [0.2, 0.25) is 0 Å². The van der Waals surface area contributed by atoms with Crippen molar-refractivity contribution in [3.63, 3.8) is 0 Å². The quantitative estimate of drug-likeness (QED) is 0.664. The Balaban J connectivity index is 2.35. The van der Waals surface area contributed by atoms with E-state index in [1.54, 1.807) is 0 Å². The molecule has 0 bridgehead atoms. The molecule has 0 aliphatic carbocycles. The van der Waals surface area contributed by atoms with Crippen molar-refractivity contribution in [2.24, 2.45) is 0 Å². The first-order valence-electron chi connectivity index (χ1n) is 5.12. The molecule has 1 nitrogen and oxygen atoms in total. The van der Waals surface area contributed by atoms with Crippen LogP contribution < -0.4 is 0 Å². The number of nitrogens with zero attached hydrogens (tertiary/aromatic N) is 1. The first kappa shape index (κ1) is 10.5. The van der Waals surface area contributed by atoms with Gasteiger partial charge in [0, 0.05) is 10.9 Å². The number of likely N-dealkylation sites (tertiary alicyclic amines) is 1. The van der Waals surface area contributed by atoms with Crippen LogP contribution in [0.2, 0.25) is 0 Å². The van der Waals surface area contributed by atoms with E-state index in [4.69, 9.17) is 0 Å². The molecule has 1 saturated heterocycles. The van der Waals surface area contributed by atoms with Crippen molar-refractivity contribution in [3.05, 3.63) is 0 Å². The second kappa shape index (κ2) is 5.23. The zero-order valence-electron chi connectivity index (χ0n) is 8.22. The van der Waals surface area contributed by atoms with Crippen molar-refractivity contribution in [1.29, 1.82) is 0 Å². The highest BCUT2D eigenvalue weighted by Crippen LogP contribution is 2.19. The molecule has 1 aliphatic rings. The third kappa shape index (κ3) is 3.06. The van der Waals surface area contributed by atoms with Crippen LogP contribution in [0.1, 0.15) is 39.5 Å². The van der Waals surface area contributed by atoms with Gasteiger partial charge in [-0.25, -0.2) is 0 Å². The maximum Gasteiger partial charge on any atom is 0.0158 e. The zero-order chi connectivity index (χ0) is 8.97. The van der Waals surface area contributed by atoms with E-state index in [0.29, 0.717) is 0 Å². The SMILES string of the molecule is CCC(C)N1CCCC(Br)CC1. The second-order valence-corrected chi connectivity index (χ2v) is 5.12. The average molecular weight is 234 g/mol. The summed E-state index contributed by atoms with van der Waals surface area (Å²) in [5, 5.41) is 0. The van der Waals surface area contributed by atoms with E-state index in [0.717, 1.165) is 10.9 Å². The standard InChI is InChI=1S/C10H20BrN/c1-3-9(2)12-7-4-5-10(11)6-8-12/h9-10H,3-8H2,1-2H3. The van der Waals surface area contributed by atoms with Crippen LogP contribution in [-0.4, -0.2) is 28.9 Å². The fraction of sp³-hybridized carbons (Fsp3) is 1.00. The molecule has 1 rings (SSSR count). The molecule has 2 heteroatoms. The maximum atomic E-state index is 3.71. The van der Waals surface area contributed by atoms with Crippen LogP contribution in [0.4, 0.5) is 0 Å². The Labute approximate surface area is 84.6 Å². The van der Waals surface area contributed by atoms with Crippen molar-refractivity contribution in [3.8, 4) is 0 Å². The molecule has 0 aromatic rings. The van der Waals surface area contributed by atoms with Crippen LogP contribution in [0.5, 0.6) is 0 Å². The summed E-state index contributed by atoms with van der Waals surface area (Å²) in [4.78, 5) is 3.40. The van der Waals surface area contributed by atoms with Gasteiger partial charge in [-0.2, -0.15) is 0 Å². The van der Waals surface area contributed by atoms with Crippen LogP contribution in [0.3, 0.4) is 0 Å². The Hall–Kier alpha value is 0.440. The highest BCUT2D eigenvalue weighted by molar-refractivity contribution is 9.09. The summed E-state index contributed by atoms with van der Waals surface area (Å²) in [6.45, 7) is 7.21. The molecule has 1 heterocycles. The number of hydrogen-bond donors (Lipinski definition) is 0. The monoisotopic (exact) mass is 233 g/mol. The molecule has 0 N–H and O–H groups in total. The largest absolute Gasteiger partial charge is 0.301 e. The molecule has 1 fully saturated rings. The minimum atomic E-state index is 0.770. The van der Waals surface area contributed by atoms with E-state index >= 15 is 0 Å². The molecule has 0 aromatic heterocycles. The van der Waals surface area contributed by atoms with Gasteiger partial charge < -0.3 is 4.90 Å². The highest BCUT2D eigenvalue weighted by atomic mass is 79.9. The van der Waals surface area contributed by atoms with E-state index in [1.165, 1.54) is 38.8 Å². The lowest BCUT2D eigenvalue weighted by atomic mass is 10.2. The molecule has 0 saturated carbocycles. The summed E-state index contributed by atoms with van der Waals surface area (Å²) in [7, 11) is 0. The number of rotatable bonds is 2. The molecule has 12 heavy (non-hydrogen) atoms. The van der Waals surface area contributed by atoms with E-state index in [-0.39, 0.29) is 0 Å².